The highest BCUT2D eigenvalue weighted by Crippen LogP contribution is 2.48. The Kier molecular flexibility index (Phi) is 4.21. The van der Waals surface area contributed by atoms with Crippen molar-refractivity contribution in [2.45, 2.75) is 6.42 Å². The molecule has 1 aromatic rings. The number of halogens is 1. The van der Waals surface area contributed by atoms with Gasteiger partial charge in [-0.25, -0.2) is 0 Å². The van der Waals surface area contributed by atoms with Gasteiger partial charge in [0.1, 0.15) is 0 Å². The maximum absolute atomic E-state index is 12.3. The molecule has 1 aromatic carbocycles. The van der Waals surface area contributed by atoms with Crippen LogP contribution in [0.2, 0.25) is 0 Å². The van der Waals surface area contributed by atoms with Crippen LogP contribution in [0, 0.1) is 23.7 Å². The Hall–Kier alpha value is -2.15. The van der Waals surface area contributed by atoms with Crippen molar-refractivity contribution in [1.29, 1.82) is 0 Å². The van der Waals surface area contributed by atoms with Crippen molar-refractivity contribution in [3.63, 3.8) is 0 Å². The van der Waals surface area contributed by atoms with Gasteiger partial charge in [-0.3, -0.25) is 25.2 Å². The molecule has 2 aliphatic carbocycles. The maximum atomic E-state index is 12.3. The number of hydrazine groups is 1. The number of allylic oxidation sites excluding steroid dienone is 2. The van der Waals surface area contributed by atoms with E-state index in [0.717, 1.165) is 0 Å². The molecule has 0 spiro atoms. The second-order valence-electron chi connectivity index (χ2n) is 5.76. The maximum Gasteiger partial charge on any atom is 0.307 e. The Bertz CT molecular complexity index is 703. The Labute approximate surface area is 141 Å². The molecule has 0 saturated heterocycles. The van der Waals surface area contributed by atoms with Gasteiger partial charge in [0.2, 0.25) is 5.91 Å². The number of amides is 2. The van der Waals surface area contributed by atoms with E-state index in [1.807, 2.05) is 12.2 Å². The Morgan fingerprint density at radius 3 is 2.35 bits per heavy atom. The Morgan fingerprint density at radius 2 is 1.70 bits per heavy atom. The summed E-state index contributed by atoms with van der Waals surface area (Å²) < 4.78 is 0.609. The molecule has 23 heavy (non-hydrogen) atoms. The topological polar surface area (TPSA) is 95.5 Å². The number of carboxylic acid groups (broad SMARTS) is 1. The van der Waals surface area contributed by atoms with Gasteiger partial charge in [-0.15, -0.1) is 0 Å². The Morgan fingerprint density at radius 1 is 1.04 bits per heavy atom. The van der Waals surface area contributed by atoms with Crippen molar-refractivity contribution in [2.24, 2.45) is 23.7 Å². The summed E-state index contributed by atoms with van der Waals surface area (Å²) in [6, 6.07) is 6.82. The fourth-order valence-electron chi connectivity index (χ4n) is 3.43. The highest BCUT2D eigenvalue weighted by atomic mass is 79.9. The van der Waals surface area contributed by atoms with Crippen LogP contribution in [0.1, 0.15) is 16.8 Å². The van der Waals surface area contributed by atoms with E-state index in [0.29, 0.717) is 16.5 Å². The molecule has 2 amide bonds. The molecule has 3 N–H and O–H groups in total. The molecule has 0 heterocycles. The quantitative estimate of drug-likeness (QED) is 0.551. The molecule has 6 nitrogen and oxygen atoms in total. The minimum Gasteiger partial charge on any atom is -0.481 e. The van der Waals surface area contributed by atoms with Crippen LogP contribution >= 0.6 is 15.9 Å². The SMILES string of the molecule is O=C(NNC(=O)[C@H]1[C@@H](C(=O)O)[C@H]2C=C[C@@H]1C2)c1ccccc1Br. The predicted octanol–water partition coefficient (Wildman–Crippen LogP) is 1.73. The molecule has 4 atom stereocenters. The molecule has 0 radical (unpaired) electrons. The molecule has 1 fully saturated rings. The lowest BCUT2D eigenvalue weighted by Gasteiger charge is -2.23. The van der Waals surface area contributed by atoms with Crippen LogP contribution in [0.15, 0.2) is 40.9 Å². The molecule has 0 aliphatic heterocycles. The van der Waals surface area contributed by atoms with Crippen LogP contribution < -0.4 is 10.9 Å². The van der Waals surface area contributed by atoms with E-state index in [4.69, 9.17) is 0 Å². The van der Waals surface area contributed by atoms with E-state index in [1.54, 1.807) is 24.3 Å². The van der Waals surface area contributed by atoms with Crippen molar-refractivity contribution in [2.75, 3.05) is 0 Å². The van der Waals surface area contributed by atoms with Crippen LogP contribution in [0.5, 0.6) is 0 Å². The number of carboxylic acids is 1. The van der Waals surface area contributed by atoms with Crippen LogP contribution in [0.4, 0.5) is 0 Å². The third-order valence-corrected chi connectivity index (χ3v) is 5.16. The first-order valence-electron chi connectivity index (χ1n) is 7.25. The molecule has 1 saturated carbocycles. The summed E-state index contributed by atoms with van der Waals surface area (Å²) in [5.41, 5.74) is 5.10. The van der Waals surface area contributed by atoms with Gasteiger partial charge in [0, 0.05) is 4.47 Å². The number of nitrogens with one attached hydrogen (secondary N) is 2. The first-order chi connectivity index (χ1) is 11.0. The Balaban J connectivity index is 1.66. The van der Waals surface area contributed by atoms with E-state index in [2.05, 4.69) is 26.8 Å². The van der Waals surface area contributed by atoms with Crippen LogP contribution in [0.25, 0.3) is 0 Å². The van der Waals surface area contributed by atoms with Gasteiger partial charge in [0.05, 0.1) is 17.4 Å². The minimum absolute atomic E-state index is 0.0820. The second kappa shape index (κ2) is 6.16. The van der Waals surface area contributed by atoms with Crippen LogP contribution in [-0.4, -0.2) is 22.9 Å². The fraction of sp³-hybridized carbons (Fsp3) is 0.312. The monoisotopic (exact) mass is 378 g/mol. The minimum atomic E-state index is -0.973. The fourth-order valence-corrected chi connectivity index (χ4v) is 3.90. The number of aliphatic carboxylic acids is 1. The third-order valence-electron chi connectivity index (χ3n) is 4.46. The van der Waals surface area contributed by atoms with Crippen molar-refractivity contribution < 1.29 is 19.5 Å². The lowest BCUT2D eigenvalue weighted by atomic mass is 9.82. The van der Waals surface area contributed by atoms with Gasteiger partial charge in [0.15, 0.2) is 0 Å². The number of fused-ring (bicyclic) bond motifs is 2. The van der Waals surface area contributed by atoms with Gasteiger partial charge >= 0.3 is 5.97 Å². The van der Waals surface area contributed by atoms with E-state index >= 15 is 0 Å². The summed E-state index contributed by atoms with van der Waals surface area (Å²) in [7, 11) is 0. The molecule has 3 rings (SSSR count). The first-order valence-corrected chi connectivity index (χ1v) is 8.04. The number of benzene rings is 1. The smallest absolute Gasteiger partial charge is 0.307 e. The second-order valence-corrected chi connectivity index (χ2v) is 6.62. The number of hydrogen-bond donors (Lipinski definition) is 3. The molecule has 2 bridgehead atoms. The standard InChI is InChI=1S/C16H15BrN2O4/c17-11-4-2-1-3-10(11)14(20)18-19-15(21)12-8-5-6-9(7-8)13(12)16(22)23/h1-6,8-9,12-13H,7H2,(H,18,20)(H,19,21)(H,22,23)/t8-,9+,12-,13+/m1/s1. The van der Waals surface area contributed by atoms with Gasteiger partial charge in [0.25, 0.3) is 5.91 Å². The van der Waals surface area contributed by atoms with Crippen molar-refractivity contribution in [3.8, 4) is 0 Å². The lowest BCUT2D eigenvalue weighted by molar-refractivity contribution is -0.148. The van der Waals surface area contributed by atoms with Crippen LogP contribution in [0.3, 0.4) is 0 Å². The molecule has 0 unspecified atom stereocenters. The molecule has 0 aromatic heterocycles. The average molecular weight is 379 g/mol. The van der Waals surface area contributed by atoms with Crippen molar-refractivity contribution in [1.82, 2.24) is 10.9 Å². The average Bonchev–Trinajstić information content (AvgIpc) is 3.13. The summed E-state index contributed by atoms with van der Waals surface area (Å²) in [6.45, 7) is 0. The number of carbonyl (C=O) groups excluding carboxylic acids is 2. The van der Waals surface area contributed by atoms with E-state index < -0.39 is 29.6 Å². The lowest BCUT2D eigenvalue weighted by Crippen LogP contribution is -2.48. The molecule has 2 aliphatic rings. The molecule has 120 valence electrons. The summed E-state index contributed by atoms with van der Waals surface area (Å²) in [6.07, 6.45) is 4.43. The summed E-state index contributed by atoms with van der Waals surface area (Å²) in [5.74, 6) is -3.47. The summed E-state index contributed by atoms with van der Waals surface area (Å²) >= 11 is 3.26. The first kappa shape index (κ1) is 15.7. The number of rotatable bonds is 3. The summed E-state index contributed by atoms with van der Waals surface area (Å²) in [5, 5.41) is 9.34. The molecule has 7 heteroatoms. The van der Waals surface area contributed by atoms with Gasteiger partial charge in [-0.1, -0.05) is 24.3 Å². The van der Waals surface area contributed by atoms with Crippen LogP contribution in [-0.2, 0) is 9.59 Å². The van der Waals surface area contributed by atoms with Crippen molar-refractivity contribution in [3.05, 3.63) is 46.5 Å². The molecular weight excluding hydrogens is 364 g/mol. The number of hydrogen-bond acceptors (Lipinski definition) is 3. The predicted molar refractivity (Wildman–Crippen MR) is 85.1 cm³/mol. The zero-order valence-corrected chi connectivity index (χ0v) is 13.6. The molecular formula is C16H15BrN2O4. The van der Waals surface area contributed by atoms with E-state index in [-0.39, 0.29) is 11.8 Å². The summed E-state index contributed by atoms with van der Waals surface area (Å²) in [4.78, 5) is 35.8. The third kappa shape index (κ3) is 2.88. The van der Waals surface area contributed by atoms with Gasteiger partial charge in [-0.2, -0.15) is 0 Å². The zero-order valence-electron chi connectivity index (χ0n) is 12.0. The largest absolute Gasteiger partial charge is 0.481 e. The number of carbonyl (C=O) groups is 3. The van der Waals surface area contributed by atoms with E-state index in [1.165, 1.54) is 0 Å². The normalized spacial score (nSPS) is 27.7. The van der Waals surface area contributed by atoms with Gasteiger partial charge < -0.3 is 5.11 Å². The zero-order chi connectivity index (χ0) is 16.6. The van der Waals surface area contributed by atoms with Gasteiger partial charge in [-0.05, 0) is 46.3 Å². The highest BCUT2D eigenvalue weighted by molar-refractivity contribution is 9.10. The highest BCUT2D eigenvalue weighted by Gasteiger charge is 2.51. The van der Waals surface area contributed by atoms with E-state index in [9.17, 15) is 19.5 Å². The van der Waals surface area contributed by atoms with Crippen molar-refractivity contribution >= 4 is 33.7 Å².